The summed E-state index contributed by atoms with van der Waals surface area (Å²) in [5, 5.41) is 9.60. The van der Waals surface area contributed by atoms with Crippen molar-refractivity contribution in [3.05, 3.63) is 36.5 Å². The molecule has 0 saturated carbocycles. The maximum absolute atomic E-state index is 9.60. The smallest absolute Gasteiger partial charge is 0.141 e. The zero-order valence-corrected chi connectivity index (χ0v) is 10.5. The second kappa shape index (κ2) is 4.46. The average Bonchev–Trinajstić information content (AvgIpc) is 2.97. The number of β-amino-alcohol motifs (C(OH)–C–C–N with tert-alkyl or cyclic N) is 1. The van der Waals surface area contributed by atoms with Gasteiger partial charge in [0.15, 0.2) is 0 Å². The number of rotatable bonds is 2. The predicted molar refractivity (Wildman–Crippen MR) is 71.5 cm³/mol. The molecule has 1 saturated heterocycles. The van der Waals surface area contributed by atoms with Crippen LogP contribution in [0.5, 0.6) is 0 Å². The number of nitrogens with zero attached hydrogens (tertiary/aromatic N) is 3. The molecule has 1 N–H and O–H groups in total. The van der Waals surface area contributed by atoms with Crippen molar-refractivity contribution in [2.24, 2.45) is 7.05 Å². The number of aliphatic hydroxyl groups excluding tert-OH is 1. The Morgan fingerprint density at radius 3 is 2.72 bits per heavy atom. The summed E-state index contributed by atoms with van der Waals surface area (Å²) in [5.41, 5.74) is 1.12. The van der Waals surface area contributed by atoms with Crippen molar-refractivity contribution >= 4 is 5.82 Å². The van der Waals surface area contributed by atoms with Crippen LogP contribution in [0, 0.1) is 0 Å². The molecule has 0 radical (unpaired) electrons. The number of aliphatic hydroxyl groups is 1. The highest BCUT2D eigenvalue weighted by Crippen LogP contribution is 2.25. The number of aromatic nitrogens is 2. The summed E-state index contributed by atoms with van der Waals surface area (Å²) in [6.45, 7) is 1.60. The Bertz CT molecular complexity index is 535. The van der Waals surface area contributed by atoms with E-state index in [1.165, 1.54) is 0 Å². The minimum Gasteiger partial charge on any atom is -0.391 e. The fourth-order valence-electron chi connectivity index (χ4n) is 2.50. The van der Waals surface area contributed by atoms with E-state index in [1.807, 2.05) is 31.4 Å². The third-order valence-corrected chi connectivity index (χ3v) is 3.48. The van der Waals surface area contributed by atoms with Gasteiger partial charge in [0.1, 0.15) is 11.6 Å². The van der Waals surface area contributed by atoms with Gasteiger partial charge in [-0.05, 0) is 6.42 Å². The molecule has 0 spiro atoms. The van der Waals surface area contributed by atoms with Crippen LogP contribution >= 0.6 is 0 Å². The zero-order valence-electron chi connectivity index (χ0n) is 10.5. The third kappa shape index (κ3) is 1.88. The normalized spacial score (nSPS) is 19.4. The van der Waals surface area contributed by atoms with Gasteiger partial charge in [-0.2, -0.15) is 0 Å². The first-order valence-corrected chi connectivity index (χ1v) is 6.26. The first-order valence-electron chi connectivity index (χ1n) is 6.26. The van der Waals surface area contributed by atoms with E-state index in [1.54, 1.807) is 0 Å². The number of hydrogen-bond acceptors (Lipinski definition) is 3. The van der Waals surface area contributed by atoms with E-state index in [-0.39, 0.29) is 6.10 Å². The summed E-state index contributed by atoms with van der Waals surface area (Å²) in [5.74, 6) is 2.04. The van der Waals surface area contributed by atoms with Crippen molar-refractivity contribution in [2.45, 2.75) is 12.5 Å². The molecule has 2 heterocycles. The average molecular weight is 243 g/mol. The van der Waals surface area contributed by atoms with Crippen LogP contribution in [0.1, 0.15) is 6.42 Å². The first-order chi connectivity index (χ1) is 8.75. The maximum atomic E-state index is 9.60. The third-order valence-electron chi connectivity index (χ3n) is 3.48. The number of imidazole rings is 1. The minimum atomic E-state index is -0.208. The Kier molecular flexibility index (Phi) is 2.80. The van der Waals surface area contributed by atoms with Gasteiger partial charge in [-0.15, -0.1) is 0 Å². The van der Waals surface area contributed by atoms with Crippen LogP contribution < -0.4 is 4.90 Å². The molecule has 1 aliphatic heterocycles. The van der Waals surface area contributed by atoms with Crippen molar-refractivity contribution in [3.8, 4) is 11.4 Å². The first kappa shape index (κ1) is 11.3. The lowest BCUT2D eigenvalue weighted by atomic mass is 10.2. The van der Waals surface area contributed by atoms with E-state index >= 15 is 0 Å². The van der Waals surface area contributed by atoms with Crippen LogP contribution in [0.2, 0.25) is 0 Å². The molecule has 1 aliphatic rings. The highest BCUT2D eigenvalue weighted by molar-refractivity contribution is 5.59. The summed E-state index contributed by atoms with van der Waals surface area (Å²) in [4.78, 5) is 6.68. The summed E-state index contributed by atoms with van der Waals surface area (Å²) in [7, 11) is 2.02. The fourth-order valence-corrected chi connectivity index (χ4v) is 2.50. The van der Waals surface area contributed by atoms with Crippen molar-refractivity contribution < 1.29 is 5.11 Å². The minimum absolute atomic E-state index is 0.208. The zero-order chi connectivity index (χ0) is 12.5. The topological polar surface area (TPSA) is 41.3 Å². The molecule has 1 aromatic heterocycles. The Morgan fingerprint density at radius 2 is 2.06 bits per heavy atom. The quantitative estimate of drug-likeness (QED) is 0.872. The van der Waals surface area contributed by atoms with Gasteiger partial charge in [-0.3, -0.25) is 0 Å². The van der Waals surface area contributed by atoms with Crippen LogP contribution in [-0.2, 0) is 7.05 Å². The molecule has 1 fully saturated rings. The molecule has 4 heteroatoms. The van der Waals surface area contributed by atoms with Crippen LogP contribution in [0.3, 0.4) is 0 Å². The number of anilines is 1. The van der Waals surface area contributed by atoms with E-state index in [2.05, 4.69) is 26.6 Å². The van der Waals surface area contributed by atoms with Gasteiger partial charge in [0, 0.05) is 25.7 Å². The van der Waals surface area contributed by atoms with Crippen LogP contribution in [0.15, 0.2) is 36.5 Å². The second-order valence-corrected chi connectivity index (χ2v) is 4.75. The number of benzene rings is 1. The van der Waals surface area contributed by atoms with Gasteiger partial charge in [0.2, 0.25) is 0 Å². The van der Waals surface area contributed by atoms with Gasteiger partial charge in [-0.1, -0.05) is 30.3 Å². The van der Waals surface area contributed by atoms with Crippen LogP contribution in [0.4, 0.5) is 5.82 Å². The van der Waals surface area contributed by atoms with Crippen molar-refractivity contribution in [3.63, 3.8) is 0 Å². The molecule has 94 valence electrons. The lowest BCUT2D eigenvalue weighted by Crippen LogP contribution is -2.23. The van der Waals surface area contributed by atoms with Crippen molar-refractivity contribution in [1.82, 2.24) is 9.55 Å². The molecule has 1 unspecified atom stereocenters. The molecule has 18 heavy (non-hydrogen) atoms. The standard InChI is InChI=1S/C14H17N3O/c1-16-13(17-8-7-12(18)10-17)9-15-14(16)11-5-3-2-4-6-11/h2-6,9,12,18H,7-8,10H2,1H3. The SMILES string of the molecule is Cn1c(N2CCC(O)C2)cnc1-c1ccccc1. The summed E-state index contributed by atoms with van der Waals surface area (Å²) < 4.78 is 2.09. The lowest BCUT2D eigenvalue weighted by Gasteiger charge is -2.18. The predicted octanol–water partition coefficient (Wildman–Crippen LogP) is 1.66. The Balaban J connectivity index is 1.93. The Hall–Kier alpha value is -1.81. The molecule has 4 nitrogen and oxygen atoms in total. The summed E-state index contributed by atoms with van der Waals surface area (Å²) in [6.07, 6.45) is 2.52. The lowest BCUT2D eigenvalue weighted by molar-refractivity contribution is 0.198. The molecule has 1 atom stereocenters. The Labute approximate surface area is 107 Å². The largest absolute Gasteiger partial charge is 0.391 e. The fraction of sp³-hybridized carbons (Fsp3) is 0.357. The molecule has 0 aliphatic carbocycles. The molecule has 0 amide bonds. The number of hydrogen-bond donors (Lipinski definition) is 1. The van der Waals surface area contributed by atoms with Gasteiger partial charge < -0.3 is 14.6 Å². The molecule has 0 bridgehead atoms. The molecule has 1 aromatic carbocycles. The highest BCUT2D eigenvalue weighted by atomic mass is 16.3. The molecular weight excluding hydrogens is 226 g/mol. The molecule has 3 rings (SSSR count). The molecule has 2 aromatic rings. The van der Waals surface area contributed by atoms with Crippen LogP contribution in [-0.4, -0.2) is 33.9 Å². The van der Waals surface area contributed by atoms with E-state index < -0.39 is 0 Å². The maximum Gasteiger partial charge on any atom is 0.141 e. The Morgan fingerprint density at radius 1 is 1.28 bits per heavy atom. The van der Waals surface area contributed by atoms with E-state index in [0.717, 1.165) is 30.2 Å². The van der Waals surface area contributed by atoms with E-state index in [0.29, 0.717) is 6.54 Å². The van der Waals surface area contributed by atoms with Crippen LogP contribution in [0.25, 0.3) is 11.4 Å². The van der Waals surface area contributed by atoms with E-state index in [9.17, 15) is 5.11 Å². The van der Waals surface area contributed by atoms with Gasteiger partial charge in [0.25, 0.3) is 0 Å². The van der Waals surface area contributed by atoms with Gasteiger partial charge in [-0.25, -0.2) is 4.98 Å². The molecular formula is C14H17N3O. The van der Waals surface area contributed by atoms with Gasteiger partial charge in [0.05, 0.1) is 12.3 Å². The highest BCUT2D eigenvalue weighted by Gasteiger charge is 2.23. The van der Waals surface area contributed by atoms with Crippen molar-refractivity contribution in [1.29, 1.82) is 0 Å². The van der Waals surface area contributed by atoms with Gasteiger partial charge >= 0.3 is 0 Å². The monoisotopic (exact) mass is 243 g/mol. The second-order valence-electron chi connectivity index (χ2n) is 4.75. The summed E-state index contributed by atoms with van der Waals surface area (Å²) >= 11 is 0. The van der Waals surface area contributed by atoms with E-state index in [4.69, 9.17) is 0 Å². The summed E-state index contributed by atoms with van der Waals surface area (Å²) in [6, 6.07) is 10.2. The van der Waals surface area contributed by atoms with Crippen molar-refractivity contribution in [2.75, 3.05) is 18.0 Å².